The molecule has 1 nitrogen and oxygen atoms in total. The fourth-order valence-corrected chi connectivity index (χ4v) is 2.45. The van der Waals surface area contributed by atoms with E-state index < -0.39 is 0 Å². The molecule has 22 heavy (non-hydrogen) atoms. The Balaban J connectivity index is 2.09. The van der Waals surface area contributed by atoms with Crippen LogP contribution in [0.3, 0.4) is 0 Å². The van der Waals surface area contributed by atoms with Crippen molar-refractivity contribution in [3.05, 3.63) is 89.5 Å². The average Bonchev–Trinajstić information content (AvgIpc) is 2.60. The normalized spacial score (nSPS) is 11.1. The summed E-state index contributed by atoms with van der Waals surface area (Å²) in [6, 6.07) is 23.1. The van der Waals surface area contributed by atoms with Crippen molar-refractivity contribution in [2.24, 2.45) is 0 Å². The van der Waals surface area contributed by atoms with Crippen LogP contribution < -0.4 is 0 Å². The molecule has 3 aromatic carbocycles. The largest absolute Gasteiger partial charge is 0.288 e. The number of rotatable bonds is 3. The summed E-state index contributed by atoms with van der Waals surface area (Å²) in [7, 11) is 0. The van der Waals surface area contributed by atoms with Gasteiger partial charge in [0.2, 0.25) is 5.78 Å². The number of fused-ring (bicyclic) bond motifs is 1. The van der Waals surface area contributed by atoms with E-state index in [0.717, 1.165) is 16.3 Å². The molecule has 0 radical (unpaired) electrons. The third-order valence-electron chi connectivity index (χ3n) is 3.56. The van der Waals surface area contributed by atoms with Crippen molar-refractivity contribution in [3.63, 3.8) is 0 Å². The first-order valence-electron chi connectivity index (χ1n) is 7.05. The summed E-state index contributed by atoms with van der Waals surface area (Å²) in [5.74, 6) is 2.40. The molecule has 0 heterocycles. The van der Waals surface area contributed by atoms with Gasteiger partial charge in [-0.15, -0.1) is 6.42 Å². The van der Waals surface area contributed by atoms with Crippen LogP contribution in [0.15, 0.2) is 78.4 Å². The van der Waals surface area contributed by atoms with Crippen LogP contribution in [0.2, 0.25) is 0 Å². The zero-order valence-corrected chi connectivity index (χ0v) is 12.0. The molecular weight excluding hydrogens is 268 g/mol. The van der Waals surface area contributed by atoms with Crippen LogP contribution in [0.25, 0.3) is 16.8 Å². The molecule has 0 unspecified atom stereocenters. The van der Waals surface area contributed by atoms with E-state index in [4.69, 9.17) is 6.42 Å². The molecule has 0 aliphatic carbocycles. The van der Waals surface area contributed by atoms with Gasteiger partial charge in [0.25, 0.3) is 0 Å². The van der Waals surface area contributed by atoms with E-state index in [1.54, 1.807) is 18.2 Å². The second-order valence-electron chi connectivity index (χ2n) is 4.97. The summed E-state index contributed by atoms with van der Waals surface area (Å²) < 4.78 is 0. The first-order valence-corrected chi connectivity index (χ1v) is 7.05. The molecule has 0 saturated carbocycles. The monoisotopic (exact) mass is 282 g/mol. The van der Waals surface area contributed by atoms with Crippen LogP contribution in [-0.2, 0) is 0 Å². The van der Waals surface area contributed by atoms with Gasteiger partial charge in [-0.3, -0.25) is 4.79 Å². The van der Waals surface area contributed by atoms with Gasteiger partial charge in [-0.1, -0.05) is 78.7 Å². The van der Waals surface area contributed by atoms with Gasteiger partial charge in [0.1, 0.15) is 0 Å². The summed E-state index contributed by atoms with van der Waals surface area (Å²) >= 11 is 0. The highest BCUT2D eigenvalue weighted by atomic mass is 16.1. The Bertz CT molecular complexity index is 891. The second kappa shape index (κ2) is 6.11. The van der Waals surface area contributed by atoms with Crippen LogP contribution in [0.4, 0.5) is 0 Å². The zero-order chi connectivity index (χ0) is 15.4. The summed E-state index contributed by atoms with van der Waals surface area (Å²) in [6.45, 7) is 0. The Morgan fingerprint density at radius 3 is 2.32 bits per heavy atom. The summed E-state index contributed by atoms with van der Waals surface area (Å²) in [4.78, 5) is 12.5. The Morgan fingerprint density at radius 2 is 1.55 bits per heavy atom. The van der Waals surface area contributed by atoms with E-state index in [2.05, 4.69) is 5.92 Å². The third kappa shape index (κ3) is 2.68. The number of Topliss-reactive ketones (excluding diaryl/α,β-unsaturated/α-hetero) is 1. The third-order valence-corrected chi connectivity index (χ3v) is 3.56. The summed E-state index contributed by atoms with van der Waals surface area (Å²) in [5, 5.41) is 2.21. The highest BCUT2D eigenvalue weighted by molar-refractivity contribution is 6.15. The molecular formula is C21H14O. The standard InChI is InChI=1S/C21H14O/c1-2-16(21(22)18-10-4-3-5-11-18)15-19-13-8-12-17-9-6-7-14-20(17)19/h1,3-15H/b16-15+. The van der Waals surface area contributed by atoms with E-state index in [0.29, 0.717) is 11.1 Å². The van der Waals surface area contributed by atoms with Crippen molar-refractivity contribution < 1.29 is 4.79 Å². The van der Waals surface area contributed by atoms with Crippen LogP contribution >= 0.6 is 0 Å². The Morgan fingerprint density at radius 1 is 0.864 bits per heavy atom. The van der Waals surface area contributed by atoms with E-state index in [1.165, 1.54) is 0 Å². The van der Waals surface area contributed by atoms with Gasteiger partial charge in [0.05, 0.1) is 5.57 Å². The minimum Gasteiger partial charge on any atom is -0.288 e. The van der Waals surface area contributed by atoms with Gasteiger partial charge < -0.3 is 0 Å². The van der Waals surface area contributed by atoms with Crippen LogP contribution in [0, 0.1) is 12.3 Å². The van der Waals surface area contributed by atoms with Crippen molar-refractivity contribution in [1.29, 1.82) is 0 Å². The minimum absolute atomic E-state index is 0.129. The zero-order valence-electron chi connectivity index (χ0n) is 12.0. The predicted octanol–water partition coefficient (Wildman–Crippen LogP) is 4.74. The quantitative estimate of drug-likeness (QED) is 0.385. The molecule has 0 fully saturated rings. The Kier molecular flexibility index (Phi) is 3.85. The van der Waals surface area contributed by atoms with Gasteiger partial charge in [0.15, 0.2) is 0 Å². The van der Waals surface area contributed by atoms with Crippen LogP contribution in [-0.4, -0.2) is 5.78 Å². The molecule has 0 aromatic heterocycles. The van der Waals surface area contributed by atoms with Crippen molar-refractivity contribution in [1.82, 2.24) is 0 Å². The molecule has 0 N–H and O–H groups in total. The fraction of sp³-hybridized carbons (Fsp3) is 0. The topological polar surface area (TPSA) is 17.1 Å². The molecule has 0 spiro atoms. The molecule has 104 valence electrons. The number of hydrogen-bond donors (Lipinski definition) is 0. The lowest BCUT2D eigenvalue weighted by molar-refractivity contribution is 0.104. The second-order valence-corrected chi connectivity index (χ2v) is 4.97. The fourth-order valence-electron chi connectivity index (χ4n) is 2.45. The highest BCUT2D eigenvalue weighted by Gasteiger charge is 2.10. The van der Waals surface area contributed by atoms with Gasteiger partial charge in [-0.05, 0) is 22.4 Å². The van der Waals surface area contributed by atoms with Crippen molar-refractivity contribution in [3.8, 4) is 12.3 Å². The molecule has 3 aromatic rings. The lowest BCUT2D eigenvalue weighted by Gasteiger charge is -2.04. The van der Waals surface area contributed by atoms with Gasteiger partial charge >= 0.3 is 0 Å². The summed E-state index contributed by atoms with van der Waals surface area (Å²) in [5.41, 5.74) is 1.92. The maximum absolute atomic E-state index is 12.5. The number of ketones is 1. The first-order chi connectivity index (χ1) is 10.8. The summed E-state index contributed by atoms with van der Waals surface area (Å²) in [6.07, 6.45) is 7.35. The number of benzene rings is 3. The Hall–Kier alpha value is -3.11. The van der Waals surface area contributed by atoms with Crippen LogP contribution in [0.1, 0.15) is 15.9 Å². The van der Waals surface area contributed by atoms with Crippen molar-refractivity contribution >= 4 is 22.6 Å². The van der Waals surface area contributed by atoms with E-state index in [9.17, 15) is 4.79 Å². The number of carbonyl (C=O) groups excluding carboxylic acids is 1. The molecule has 3 rings (SSSR count). The number of terminal acetylenes is 1. The SMILES string of the molecule is C#C/C(=C\c1cccc2ccccc12)C(=O)c1ccccc1. The van der Waals surface area contributed by atoms with Crippen molar-refractivity contribution in [2.75, 3.05) is 0 Å². The maximum Gasteiger partial charge on any atom is 0.201 e. The number of hydrogen-bond acceptors (Lipinski definition) is 1. The van der Waals surface area contributed by atoms with E-state index in [1.807, 2.05) is 60.7 Å². The average molecular weight is 282 g/mol. The van der Waals surface area contributed by atoms with Gasteiger partial charge in [0, 0.05) is 5.56 Å². The van der Waals surface area contributed by atoms with Crippen LogP contribution in [0.5, 0.6) is 0 Å². The highest BCUT2D eigenvalue weighted by Crippen LogP contribution is 2.21. The number of carbonyl (C=O) groups is 1. The van der Waals surface area contributed by atoms with E-state index >= 15 is 0 Å². The minimum atomic E-state index is -0.129. The van der Waals surface area contributed by atoms with E-state index in [-0.39, 0.29) is 5.78 Å². The van der Waals surface area contributed by atoms with Gasteiger partial charge in [-0.2, -0.15) is 0 Å². The lowest BCUT2D eigenvalue weighted by atomic mass is 9.98. The molecule has 0 aliphatic rings. The predicted molar refractivity (Wildman–Crippen MR) is 91.5 cm³/mol. The number of allylic oxidation sites excluding steroid dienone is 1. The first kappa shape index (κ1) is 13.9. The molecule has 0 atom stereocenters. The molecule has 1 heteroatoms. The van der Waals surface area contributed by atoms with Crippen molar-refractivity contribution in [2.45, 2.75) is 0 Å². The molecule has 0 aliphatic heterocycles. The Labute approximate surface area is 129 Å². The molecule has 0 saturated heterocycles. The van der Waals surface area contributed by atoms with Gasteiger partial charge in [-0.25, -0.2) is 0 Å². The molecule has 0 amide bonds. The maximum atomic E-state index is 12.5. The smallest absolute Gasteiger partial charge is 0.201 e. The lowest BCUT2D eigenvalue weighted by Crippen LogP contribution is -2.01. The molecule has 0 bridgehead atoms.